The van der Waals surface area contributed by atoms with Gasteiger partial charge in [-0.3, -0.25) is 0 Å². The van der Waals surface area contributed by atoms with Crippen LogP contribution in [0.3, 0.4) is 0 Å². The van der Waals surface area contributed by atoms with Crippen LogP contribution >= 0.6 is 0 Å². The van der Waals surface area contributed by atoms with Crippen LogP contribution in [0.5, 0.6) is 5.75 Å². The Hall–Kier alpha value is -2.56. The Morgan fingerprint density at radius 1 is 1.19 bits per heavy atom. The van der Waals surface area contributed by atoms with Gasteiger partial charge in [0, 0.05) is 12.1 Å². The van der Waals surface area contributed by atoms with Gasteiger partial charge in [-0.25, -0.2) is 9.18 Å². The van der Waals surface area contributed by atoms with Crippen LogP contribution in [0.1, 0.15) is 15.9 Å². The van der Waals surface area contributed by atoms with Crippen molar-refractivity contribution >= 4 is 11.7 Å². The van der Waals surface area contributed by atoms with E-state index < -0.39 is 11.8 Å². The maximum absolute atomic E-state index is 13.5. The van der Waals surface area contributed by atoms with Crippen molar-refractivity contribution in [2.24, 2.45) is 0 Å². The van der Waals surface area contributed by atoms with Crippen molar-refractivity contribution in [3.8, 4) is 5.75 Å². The standard InChI is InChI=1S/C16H16FNO3/c1-20-13-5-2-11(3-6-13)8-9-21-16(19)14-7-4-12(18)10-15(14)17/h2-7,10H,8-9,18H2,1H3. The van der Waals surface area contributed by atoms with Gasteiger partial charge >= 0.3 is 5.97 Å². The molecule has 0 heterocycles. The normalized spacial score (nSPS) is 10.2. The number of hydrogen-bond acceptors (Lipinski definition) is 4. The highest BCUT2D eigenvalue weighted by molar-refractivity contribution is 5.90. The van der Waals surface area contributed by atoms with Gasteiger partial charge in [0.1, 0.15) is 11.6 Å². The van der Waals surface area contributed by atoms with Gasteiger partial charge in [0.2, 0.25) is 0 Å². The Morgan fingerprint density at radius 3 is 2.52 bits per heavy atom. The fraction of sp³-hybridized carbons (Fsp3) is 0.188. The molecule has 0 unspecified atom stereocenters. The molecular formula is C16H16FNO3. The van der Waals surface area contributed by atoms with E-state index in [1.165, 1.54) is 12.1 Å². The Morgan fingerprint density at radius 2 is 1.90 bits per heavy atom. The molecule has 0 saturated carbocycles. The molecule has 0 aliphatic heterocycles. The Labute approximate surface area is 122 Å². The minimum atomic E-state index is -0.694. The number of carbonyl (C=O) groups is 1. The topological polar surface area (TPSA) is 61.5 Å². The zero-order valence-corrected chi connectivity index (χ0v) is 11.6. The second kappa shape index (κ2) is 6.74. The zero-order chi connectivity index (χ0) is 15.2. The summed E-state index contributed by atoms with van der Waals surface area (Å²) in [6.07, 6.45) is 0.548. The lowest BCUT2D eigenvalue weighted by atomic mass is 10.1. The molecule has 0 atom stereocenters. The molecule has 110 valence electrons. The van der Waals surface area contributed by atoms with Crippen LogP contribution in [0.15, 0.2) is 42.5 Å². The molecule has 4 nitrogen and oxygen atoms in total. The SMILES string of the molecule is COc1ccc(CCOC(=O)c2ccc(N)cc2F)cc1. The number of nitrogens with two attached hydrogens (primary N) is 1. The van der Waals surface area contributed by atoms with Crippen LogP contribution in [0.25, 0.3) is 0 Å². The summed E-state index contributed by atoms with van der Waals surface area (Å²) in [4.78, 5) is 11.7. The average molecular weight is 289 g/mol. The predicted molar refractivity (Wildman–Crippen MR) is 77.8 cm³/mol. The van der Waals surface area contributed by atoms with E-state index in [0.29, 0.717) is 6.42 Å². The summed E-state index contributed by atoms with van der Waals surface area (Å²) >= 11 is 0. The number of nitrogen functional groups attached to an aromatic ring is 1. The summed E-state index contributed by atoms with van der Waals surface area (Å²) in [6, 6.07) is 11.3. The first-order valence-corrected chi connectivity index (χ1v) is 6.45. The summed E-state index contributed by atoms with van der Waals surface area (Å²) in [5.41, 5.74) is 6.58. The van der Waals surface area contributed by atoms with Crippen LogP contribution < -0.4 is 10.5 Å². The summed E-state index contributed by atoms with van der Waals surface area (Å²) in [5, 5.41) is 0. The largest absolute Gasteiger partial charge is 0.497 e. The van der Waals surface area contributed by atoms with Crippen molar-refractivity contribution in [2.45, 2.75) is 6.42 Å². The number of esters is 1. The molecule has 0 saturated heterocycles. The number of halogens is 1. The van der Waals surface area contributed by atoms with E-state index in [9.17, 15) is 9.18 Å². The number of anilines is 1. The molecule has 2 rings (SSSR count). The van der Waals surface area contributed by atoms with Gasteiger partial charge in [-0.1, -0.05) is 12.1 Å². The third-order valence-electron chi connectivity index (χ3n) is 3.00. The van der Waals surface area contributed by atoms with Crippen molar-refractivity contribution in [3.63, 3.8) is 0 Å². The van der Waals surface area contributed by atoms with E-state index in [0.717, 1.165) is 17.4 Å². The highest BCUT2D eigenvalue weighted by atomic mass is 19.1. The smallest absolute Gasteiger partial charge is 0.341 e. The van der Waals surface area contributed by atoms with E-state index in [2.05, 4.69) is 0 Å². The van der Waals surface area contributed by atoms with Gasteiger partial charge in [0.25, 0.3) is 0 Å². The van der Waals surface area contributed by atoms with Crippen LogP contribution in [-0.2, 0) is 11.2 Å². The number of carbonyl (C=O) groups excluding carboxylic acids is 1. The summed E-state index contributed by atoms with van der Waals surface area (Å²) < 4.78 is 23.7. The Balaban J connectivity index is 1.88. The van der Waals surface area contributed by atoms with E-state index in [4.69, 9.17) is 15.2 Å². The Kier molecular flexibility index (Phi) is 4.77. The van der Waals surface area contributed by atoms with Crippen molar-refractivity contribution < 1.29 is 18.7 Å². The van der Waals surface area contributed by atoms with Crippen molar-refractivity contribution in [3.05, 3.63) is 59.4 Å². The highest BCUT2D eigenvalue weighted by Gasteiger charge is 2.13. The minimum Gasteiger partial charge on any atom is -0.497 e. The molecule has 0 spiro atoms. The first-order chi connectivity index (χ1) is 10.1. The molecule has 5 heteroatoms. The molecule has 0 amide bonds. The lowest BCUT2D eigenvalue weighted by Gasteiger charge is -2.07. The third-order valence-corrected chi connectivity index (χ3v) is 3.00. The average Bonchev–Trinajstić information content (AvgIpc) is 2.47. The fourth-order valence-corrected chi connectivity index (χ4v) is 1.83. The molecule has 0 aliphatic rings. The summed E-state index contributed by atoms with van der Waals surface area (Å²) in [5.74, 6) is -0.606. The van der Waals surface area contributed by atoms with Crippen LogP contribution in [-0.4, -0.2) is 19.7 Å². The zero-order valence-electron chi connectivity index (χ0n) is 11.6. The summed E-state index contributed by atoms with van der Waals surface area (Å²) in [6.45, 7) is 0.176. The first-order valence-electron chi connectivity index (χ1n) is 6.45. The second-order valence-electron chi connectivity index (χ2n) is 4.47. The fourth-order valence-electron chi connectivity index (χ4n) is 1.83. The van der Waals surface area contributed by atoms with E-state index in [1.54, 1.807) is 7.11 Å². The Bertz CT molecular complexity index is 626. The number of hydrogen-bond donors (Lipinski definition) is 1. The van der Waals surface area contributed by atoms with Crippen LogP contribution in [0.4, 0.5) is 10.1 Å². The van der Waals surface area contributed by atoms with E-state index in [-0.39, 0.29) is 17.9 Å². The molecule has 0 aromatic heterocycles. The van der Waals surface area contributed by atoms with Crippen molar-refractivity contribution in [2.75, 3.05) is 19.5 Å². The van der Waals surface area contributed by atoms with Crippen molar-refractivity contribution in [1.29, 1.82) is 0 Å². The molecule has 2 aromatic rings. The summed E-state index contributed by atoms with van der Waals surface area (Å²) in [7, 11) is 1.60. The van der Waals surface area contributed by atoms with Crippen LogP contribution in [0, 0.1) is 5.82 Å². The van der Waals surface area contributed by atoms with Gasteiger partial charge in [-0.05, 0) is 35.9 Å². The van der Waals surface area contributed by atoms with Gasteiger partial charge in [0.05, 0.1) is 19.3 Å². The quantitative estimate of drug-likeness (QED) is 0.679. The van der Waals surface area contributed by atoms with Gasteiger partial charge in [0.15, 0.2) is 0 Å². The van der Waals surface area contributed by atoms with Gasteiger partial charge in [-0.2, -0.15) is 0 Å². The number of ether oxygens (including phenoxy) is 2. The monoisotopic (exact) mass is 289 g/mol. The third kappa shape index (κ3) is 3.95. The molecule has 0 radical (unpaired) electrons. The molecule has 0 fully saturated rings. The molecule has 0 aliphatic carbocycles. The predicted octanol–water partition coefficient (Wildman–Crippen LogP) is 2.82. The number of methoxy groups -OCH3 is 1. The van der Waals surface area contributed by atoms with E-state index in [1.807, 2.05) is 24.3 Å². The molecule has 21 heavy (non-hydrogen) atoms. The maximum atomic E-state index is 13.5. The first kappa shape index (κ1) is 14.8. The number of benzene rings is 2. The molecule has 0 bridgehead atoms. The highest BCUT2D eigenvalue weighted by Crippen LogP contribution is 2.14. The second-order valence-corrected chi connectivity index (χ2v) is 4.47. The van der Waals surface area contributed by atoms with Crippen LogP contribution in [0.2, 0.25) is 0 Å². The van der Waals surface area contributed by atoms with Gasteiger partial charge < -0.3 is 15.2 Å². The maximum Gasteiger partial charge on any atom is 0.341 e. The van der Waals surface area contributed by atoms with Crippen molar-refractivity contribution in [1.82, 2.24) is 0 Å². The molecule has 2 N–H and O–H groups in total. The lowest BCUT2D eigenvalue weighted by Crippen LogP contribution is -2.10. The molecular weight excluding hydrogens is 273 g/mol. The lowest BCUT2D eigenvalue weighted by molar-refractivity contribution is 0.0504. The number of rotatable bonds is 5. The van der Waals surface area contributed by atoms with Gasteiger partial charge in [-0.15, -0.1) is 0 Å². The van der Waals surface area contributed by atoms with E-state index >= 15 is 0 Å². The minimum absolute atomic E-state index is 0.112. The molecule has 2 aromatic carbocycles.